The van der Waals surface area contributed by atoms with Crippen molar-refractivity contribution >= 4 is 32.7 Å². The fourth-order valence-electron chi connectivity index (χ4n) is 7.94. The summed E-state index contributed by atoms with van der Waals surface area (Å²) >= 11 is 0. The molecule has 0 saturated carbocycles. The summed E-state index contributed by atoms with van der Waals surface area (Å²) in [4.78, 5) is 0. The summed E-state index contributed by atoms with van der Waals surface area (Å²) in [6.07, 6.45) is 0.983. The number of fused-ring (bicyclic) bond motifs is 7. The molecule has 1 heteroatoms. The van der Waals surface area contributed by atoms with Crippen molar-refractivity contribution < 1.29 is 4.42 Å². The second-order valence-electron chi connectivity index (χ2n) is 13.9. The largest absolute Gasteiger partial charge is 0.456 e. The Morgan fingerprint density at radius 2 is 0.760 bits per heavy atom. The normalized spacial score (nSPS) is 12.1. The minimum absolute atomic E-state index is 0.912. The zero-order valence-corrected chi connectivity index (χ0v) is 28.1. The topological polar surface area (TPSA) is 13.1 Å². The molecular formula is C49H34O. The van der Waals surface area contributed by atoms with E-state index in [1.165, 1.54) is 88.7 Å². The molecule has 50 heavy (non-hydrogen) atoms. The molecule has 1 heterocycles. The van der Waals surface area contributed by atoms with E-state index in [0.29, 0.717) is 0 Å². The van der Waals surface area contributed by atoms with Crippen LogP contribution in [0.25, 0.3) is 88.3 Å². The van der Waals surface area contributed by atoms with E-state index in [9.17, 15) is 0 Å². The number of furan rings is 1. The lowest BCUT2D eigenvalue weighted by Gasteiger charge is -2.13. The molecule has 236 valence electrons. The van der Waals surface area contributed by atoms with Crippen molar-refractivity contribution in [2.45, 2.75) is 20.3 Å². The van der Waals surface area contributed by atoms with Gasteiger partial charge in [-0.15, -0.1) is 0 Å². The Morgan fingerprint density at radius 1 is 0.340 bits per heavy atom. The molecule has 0 saturated heterocycles. The molecule has 0 fully saturated rings. The fourth-order valence-corrected chi connectivity index (χ4v) is 7.94. The van der Waals surface area contributed by atoms with Crippen LogP contribution in [0.15, 0.2) is 162 Å². The monoisotopic (exact) mass is 638 g/mol. The summed E-state index contributed by atoms with van der Waals surface area (Å²) < 4.78 is 6.32. The predicted molar refractivity (Wildman–Crippen MR) is 211 cm³/mol. The van der Waals surface area contributed by atoms with Crippen LogP contribution in [0.1, 0.15) is 22.3 Å². The smallest absolute Gasteiger partial charge is 0.135 e. The molecule has 8 aromatic carbocycles. The zero-order chi connectivity index (χ0) is 33.3. The SMILES string of the molecule is Cc1ccc(-c2ccc3c(c2)-c2cc(-c4cccc5c(-c6ccc7oc8ccc(-c9ccc(C)cc9)cc8c7c6)cccc45)ccc2C3)cc1. The Bertz CT molecular complexity index is 2780. The predicted octanol–water partition coefficient (Wildman–Crippen LogP) is 13.6. The van der Waals surface area contributed by atoms with Crippen LogP contribution < -0.4 is 0 Å². The highest BCUT2D eigenvalue weighted by Crippen LogP contribution is 2.43. The number of aryl methyl sites for hydroxylation is 2. The van der Waals surface area contributed by atoms with Gasteiger partial charge < -0.3 is 4.42 Å². The first-order valence-corrected chi connectivity index (χ1v) is 17.4. The lowest BCUT2D eigenvalue weighted by molar-refractivity contribution is 0.669. The van der Waals surface area contributed by atoms with Crippen molar-refractivity contribution in [1.82, 2.24) is 0 Å². The molecule has 0 aliphatic heterocycles. The van der Waals surface area contributed by atoms with Gasteiger partial charge in [-0.05, 0) is 134 Å². The minimum Gasteiger partial charge on any atom is -0.456 e. The Balaban J connectivity index is 1.06. The Labute approximate surface area is 292 Å². The zero-order valence-electron chi connectivity index (χ0n) is 28.1. The van der Waals surface area contributed by atoms with E-state index >= 15 is 0 Å². The van der Waals surface area contributed by atoms with E-state index in [1.54, 1.807) is 0 Å². The molecule has 0 bridgehead atoms. The third-order valence-corrected chi connectivity index (χ3v) is 10.7. The first-order chi connectivity index (χ1) is 24.6. The van der Waals surface area contributed by atoms with E-state index in [-0.39, 0.29) is 0 Å². The van der Waals surface area contributed by atoms with Gasteiger partial charge in [0, 0.05) is 10.8 Å². The summed E-state index contributed by atoms with van der Waals surface area (Å²) in [5.74, 6) is 0. The van der Waals surface area contributed by atoms with Crippen molar-refractivity contribution in [2.75, 3.05) is 0 Å². The summed E-state index contributed by atoms with van der Waals surface area (Å²) in [7, 11) is 0. The lowest BCUT2D eigenvalue weighted by atomic mass is 9.91. The van der Waals surface area contributed by atoms with E-state index < -0.39 is 0 Å². The van der Waals surface area contributed by atoms with Gasteiger partial charge in [-0.3, -0.25) is 0 Å². The Morgan fingerprint density at radius 3 is 1.34 bits per heavy atom. The van der Waals surface area contributed by atoms with Crippen LogP contribution in [-0.4, -0.2) is 0 Å². The van der Waals surface area contributed by atoms with Gasteiger partial charge in [0.1, 0.15) is 11.2 Å². The Hall–Kier alpha value is -6.18. The van der Waals surface area contributed by atoms with Crippen molar-refractivity contribution in [3.05, 3.63) is 180 Å². The van der Waals surface area contributed by atoms with Crippen LogP contribution in [0.2, 0.25) is 0 Å². The van der Waals surface area contributed by atoms with Gasteiger partial charge in [-0.25, -0.2) is 0 Å². The maximum absolute atomic E-state index is 6.32. The summed E-state index contributed by atoms with van der Waals surface area (Å²) in [5.41, 5.74) is 19.7. The van der Waals surface area contributed by atoms with Crippen LogP contribution in [0, 0.1) is 13.8 Å². The molecular weight excluding hydrogens is 605 g/mol. The molecule has 9 aromatic rings. The number of benzene rings is 8. The van der Waals surface area contributed by atoms with Crippen LogP contribution in [0.4, 0.5) is 0 Å². The fraction of sp³-hybridized carbons (Fsp3) is 0.0612. The van der Waals surface area contributed by atoms with Crippen LogP contribution in [0.5, 0.6) is 0 Å². The second kappa shape index (κ2) is 11.2. The molecule has 1 aromatic heterocycles. The van der Waals surface area contributed by atoms with Crippen molar-refractivity contribution in [2.24, 2.45) is 0 Å². The molecule has 10 rings (SSSR count). The molecule has 1 nitrogen and oxygen atoms in total. The first-order valence-electron chi connectivity index (χ1n) is 17.4. The average molecular weight is 639 g/mol. The van der Waals surface area contributed by atoms with Gasteiger partial charge in [0.2, 0.25) is 0 Å². The minimum atomic E-state index is 0.912. The lowest BCUT2D eigenvalue weighted by Crippen LogP contribution is -1.87. The summed E-state index contributed by atoms with van der Waals surface area (Å²) in [5, 5.41) is 4.79. The highest BCUT2D eigenvalue weighted by atomic mass is 16.3. The summed E-state index contributed by atoms with van der Waals surface area (Å²) in [6.45, 7) is 4.27. The molecule has 0 atom stereocenters. The highest BCUT2D eigenvalue weighted by Gasteiger charge is 2.21. The Kier molecular flexibility index (Phi) is 6.44. The van der Waals surface area contributed by atoms with E-state index in [2.05, 4.69) is 172 Å². The van der Waals surface area contributed by atoms with Crippen LogP contribution in [0.3, 0.4) is 0 Å². The molecule has 0 unspecified atom stereocenters. The molecule has 0 N–H and O–H groups in total. The van der Waals surface area contributed by atoms with E-state index in [0.717, 1.165) is 28.4 Å². The standard InChI is InChI=1S/C49H34O/c1-30-9-13-32(14-10-30)34-17-18-36-25-37-19-20-38(28-45(37)44(36)26-34)40-5-3-8-43-41(6-4-7-42(40)43)39-22-24-49-47(29-39)46-27-35(21-23-48(46)50-49)33-15-11-31(2)12-16-33/h3-24,26-29H,25H2,1-2H3. The summed E-state index contributed by atoms with van der Waals surface area (Å²) in [6, 6.07) is 58.2. The van der Waals surface area contributed by atoms with Gasteiger partial charge in [0.25, 0.3) is 0 Å². The molecule has 1 aliphatic rings. The van der Waals surface area contributed by atoms with Crippen molar-refractivity contribution in [3.8, 4) is 55.6 Å². The third kappa shape index (κ3) is 4.70. The van der Waals surface area contributed by atoms with E-state index in [4.69, 9.17) is 4.42 Å². The number of hydrogen-bond donors (Lipinski definition) is 0. The highest BCUT2D eigenvalue weighted by molar-refractivity contribution is 6.10. The van der Waals surface area contributed by atoms with E-state index in [1.807, 2.05) is 0 Å². The molecule has 0 radical (unpaired) electrons. The van der Waals surface area contributed by atoms with Crippen molar-refractivity contribution in [1.29, 1.82) is 0 Å². The van der Waals surface area contributed by atoms with Crippen molar-refractivity contribution in [3.63, 3.8) is 0 Å². The molecule has 0 spiro atoms. The molecule has 0 amide bonds. The maximum Gasteiger partial charge on any atom is 0.135 e. The van der Waals surface area contributed by atoms with Crippen LogP contribution >= 0.6 is 0 Å². The first kappa shape index (κ1) is 28.8. The third-order valence-electron chi connectivity index (χ3n) is 10.7. The van der Waals surface area contributed by atoms with Gasteiger partial charge in [-0.1, -0.05) is 132 Å². The van der Waals surface area contributed by atoms with Gasteiger partial charge in [0.15, 0.2) is 0 Å². The maximum atomic E-state index is 6.32. The second-order valence-corrected chi connectivity index (χ2v) is 13.9. The number of hydrogen-bond acceptors (Lipinski definition) is 1. The quantitative estimate of drug-likeness (QED) is 0.187. The average Bonchev–Trinajstić information content (AvgIpc) is 3.71. The number of rotatable bonds is 4. The van der Waals surface area contributed by atoms with Gasteiger partial charge in [-0.2, -0.15) is 0 Å². The molecule has 1 aliphatic carbocycles. The van der Waals surface area contributed by atoms with Gasteiger partial charge in [0.05, 0.1) is 0 Å². The van der Waals surface area contributed by atoms with Crippen LogP contribution in [-0.2, 0) is 6.42 Å². The van der Waals surface area contributed by atoms with Gasteiger partial charge >= 0.3 is 0 Å².